The van der Waals surface area contributed by atoms with E-state index in [0.717, 1.165) is 28.8 Å². The van der Waals surface area contributed by atoms with Crippen molar-refractivity contribution in [3.8, 4) is 11.8 Å². The molecule has 2 heterocycles. The standard InChI is InChI=1S/C18H15N3/c1-3-14-5-7-16(4-2)17(11-14)8-6-15-12-19-18-9-10-20-21(18)13-15/h3,5,7,9-13H,1,4H2,2H3. The summed E-state index contributed by atoms with van der Waals surface area (Å²) in [5.74, 6) is 6.39. The molecule has 0 bridgehead atoms. The second-order valence-electron chi connectivity index (χ2n) is 4.70. The van der Waals surface area contributed by atoms with Crippen molar-refractivity contribution in [1.82, 2.24) is 14.6 Å². The Morgan fingerprint density at radius 1 is 1.29 bits per heavy atom. The largest absolute Gasteiger partial charge is 0.236 e. The van der Waals surface area contributed by atoms with Gasteiger partial charge in [0.05, 0.1) is 11.8 Å². The third-order valence-electron chi connectivity index (χ3n) is 3.34. The van der Waals surface area contributed by atoms with Crippen LogP contribution in [0.4, 0.5) is 0 Å². The molecule has 0 fully saturated rings. The molecule has 2 aromatic heterocycles. The predicted molar refractivity (Wildman–Crippen MR) is 84.9 cm³/mol. The summed E-state index contributed by atoms with van der Waals surface area (Å²) in [6.45, 7) is 5.93. The molecular formula is C18H15N3. The van der Waals surface area contributed by atoms with Gasteiger partial charge in [-0.2, -0.15) is 5.10 Å². The molecule has 0 aliphatic heterocycles. The van der Waals surface area contributed by atoms with E-state index in [9.17, 15) is 0 Å². The fourth-order valence-electron chi connectivity index (χ4n) is 2.16. The first-order chi connectivity index (χ1) is 10.3. The maximum absolute atomic E-state index is 4.31. The van der Waals surface area contributed by atoms with Gasteiger partial charge in [-0.15, -0.1) is 0 Å². The van der Waals surface area contributed by atoms with Crippen molar-refractivity contribution in [3.63, 3.8) is 0 Å². The summed E-state index contributed by atoms with van der Waals surface area (Å²) in [5.41, 5.74) is 5.02. The van der Waals surface area contributed by atoms with E-state index in [-0.39, 0.29) is 0 Å². The Bertz CT molecular complexity index is 863. The molecule has 3 heteroatoms. The van der Waals surface area contributed by atoms with Gasteiger partial charge in [0.2, 0.25) is 0 Å². The summed E-state index contributed by atoms with van der Waals surface area (Å²) in [4.78, 5) is 4.31. The van der Waals surface area contributed by atoms with Gasteiger partial charge in [-0.05, 0) is 23.6 Å². The first kappa shape index (κ1) is 13.1. The third-order valence-corrected chi connectivity index (χ3v) is 3.34. The summed E-state index contributed by atoms with van der Waals surface area (Å²) in [5, 5.41) is 4.17. The molecule has 0 aliphatic carbocycles. The van der Waals surface area contributed by atoms with Gasteiger partial charge in [-0.3, -0.25) is 0 Å². The molecule has 0 amide bonds. The topological polar surface area (TPSA) is 30.2 Å². The Balaban J connectivity index is 2.01. The quantitative estimate of drug-likeness (QED) is 0.670. The number of rotatable bonds is 2. The lowest BCUT2D eigenvalue weighted by molar-refractivity contribution is 0.935. The van der Waals surface area contributed by atoms with E-state index in [1.165, 1.54) is 5.56 Å². The minimum Gasteiger partial charge on any atom is -0.236 e. The Hall–Kier alpha value is -2.86. The zero-order valence-corrected chi connectivity index (χ0v) is 11.9. The van der Waals surface area contributed by atoms with Crippen LogP contribution in [0.5, 0.6) is 0 Å². The predicted octanol–water partition coefficient (Wildman–Crippen LogP) is 3.33. The number of benzene rings is 1. The smallest absolute Gasteiger partial charge is 0.154 e. The molecule has 0 atom stereocenters. The fourth-order valence-corrected chi connectivity index (χ4v) is 2.16. The summed E-state index contributed by atoms with van der Waals surface area (Å²) in [7, 11) is 0. The van der Waals surface area contributed by atoms with Crippen LogP contribution in [0, 0.1) is 11.8 Å². The van der Waals surface area contributed by atoms with Crippen LogP contribution in [0.2, 0.25) is 0 Å². The number of fused-ring (bicyclic) bond motifs is 1. The van der Waals surface area contributed by atoms with Crippen LogP contribution in [0.15, 0.2) is 49.4 Å². The van der Waals surface area contributed by atoms with Crippen molar-refractivity contribution in [1.29, 1.82) is 0 Å². The molecule has 0 unspecified atom stereocenters. The van der Waals surface area contributed by atoms with Crippen molar-refractivity contribution in [3.05, 3.63) is 71.7 Å². The van der Waals surface area contributed by atoms with Gasteiger partial charge < -0.3 is 0 Å². The molecule has 0 aliphatic rings. The average Bonchev–Trinajstić information content (AvgIpc) is 3.00. The van der Waals surface area contributed by atoms with Crippen molar-refractivity contribution < 1.29 is 0 Å². The molecule has 0 saturated heterocycles. The lowest BCUT2D eigenvalue weighted by atomic mass is 10.0. The number of hydrogen-bond donors (Lipinski definition) is 0. The minimum absolute atomic E-state index is 0.823. The van der Waals surface area contributed by atoms with Gasteiger partial charge in [-0.25, -0.2) is 9.50 Å². The van der Waals surface area contributed by atoms with E-state index >= 15 is 0 Å². The van der Waals surface area contributed by atoms with Crippen LogP contribution in [-0.4, -0.2) is 14.6 Å². The molecule has 102 valence electrons. The van der Waals surface area contributed by atoms with E-state index in [1.807, 2.05) is 18.3 Å². The highest BCUT2D eigenvalue weighted by Crippen LogP contribution is 2.13. The second kappa shape index (κ2) is 5.64. The molecule has 0 N–H and O–H groups in total. The van der Waals surface area contributed by atoms with Crippen LogP contribution in [0.3, 0.4) is 0 Å². The van der Waals surface area contributed by atoms with Gasteiger partial charge in [0.15, 0.2) is 5.65 Å². The monoisotopic (exact) mass is 273 g/mol. The number of hydrogen-bond acceptors (Lipinski definition) is 2. The molecule has 3 nitrogen and oxygen atoms in total. The van der Waals surface area contributed by atoms with E-state index < -0.39 is 0 Å². The molecule has 0 spiro atoms. The Kier molecular flexibility index (Phi) is 3.53. The fraction of sp³-hybridized carbons (Fsp3) is 0.111. The lowest BCUT2D eigenvalue weighted by Crippen LogP contribution is -1.92. The highest BCUT2D eigenvalue weighted by atomic mass is 15.2. The highest BCUT2D eigenvalue weighted by Gasteiger charge is 1.99. The molecule has 1 aromatic carbocycles. The van der Waals surface area contributed by atoms with Crippen LogP contribution >= 0.6 is 0 Å². The molecule has 21 heavy (non-hydrogen) atoms. The zero-order valence-electron chi connectivity index (χ0n) is 11.9. The minimum atomic E-state index is 0.823. The van der Waals surface area contributed by atoms with Gasteiger partial charge in [0, 0.05) is 24.0 Å². The Morgan fingerprint density at radius 2 is 2.19 bits per heavy atom. The first-order valence-electron chi connectivity index (χ1n) is 6.87. The molecule has 0 radical (unpaired) electrons. The van der Waals surface area contributed by atoms with E-state index in [1.54, 1.807) is 16.9 Å². The van der Waals surface area contributed by atoms with Gasteiger partial charge in [0.1, 0.15) is 0 Å². The third kappa shape index (κ3) is 2.70. The van der Waals surface area contributed by atoms with Gasteiger partial charge in [-0.1, -0.05) is 43.6 Å². The van der Waals surface area contributed by atoms with Gasteiger partial charge in [0.25, 0.3) is 0 Å². The van der Waals surface area contributed by atoms with Crippen LogP contribution in [0.1, 0.15) is 29.2 Å². The summed E-state index contributed by atoms with van der Waals surface area (Å²) < 4.78 is 1.73. The van der Waals surface area contributed by atoms with Crippen LogP contribution in [-0.2, 0) is 6.42 Å². The van der Waals surface area contributed by atoms with Crippen molar-refractivity contribution in [2.75, 3.05) is 0 Å². The second-order valence-corrected chi connectivity index (χ2v) is 4.70. The average molecular weight is 273 g/mol. The van der Waals surface area contributed by atoms with Crippen molar-refractivity contribution in [2.24, 2.45) is 0 Å². The lowest BCUT2D eigenvalue weighted by Gasteiger charge is -2.02. The maximum Gasteiger partial charge on any atom is 0.154 e. The molecular weight excluding hydrogens is 258 g/mol. The Morgan fingerprint density at radius 3 is 3.00 bits per heavy atom. The first-order valence-corrected chi connectivity index (χ1v) is 6.87. The molecule has 3 rings (SSSR count). The molecule has 0 saturated carbocycles. The normalized spacial score (nSPS) is 10.1. The van der Waals surface area contributed by atoms with Crippen LogP contribution in [0.25, 0.3) is 11.7 Å². The molecule has 3 aromatic rings. The number of nitrogens with zero attached hydrogens (tertiary/aromatic N) is 3. The van der Waals surface area contributed by atoms with E-state index in [0.29, 0.717) is 0 Å². The maximum atomic E-state index is 4.31. The summed E-state index contributed by atoms with van der Waals surface area (Å²) >= 11 is 0. The van der Waals surface area contributed by atoms with Crippen molar-refractivity contribution >= 4 is 11.7 Å². The van der Waals surface area contributed by atoms with Crippen LogP contribution < -0.4 is 0 Å². The highest BCUT2D eigenvalue weighted by molar-refractivity contribution is 5.55. The summed E-state index contributed by atoms with van der Waals surface area (Å²) in [6.07, 6.45) is 8.17. The number of aromatic nitrogens is 3. The van der Waals surface area contributed by atoms with E-state index in [2.05, 4.69) is 53.6 Å². The van der Waals surface area contributed by atoms with Gasteiger partial charge >= 0.3 is 0 Å². The van der Waals surface area contributed by atoms with Crippen molar-refractivity contribution in [2.45, 2.75) is 13.3 Å². The SMILES string of the molecule is C=Cc1ccc(CC)c(C#Cc2cnc3ccnn3c2)c1. The Labute approximate surface area is 124 Å². The summed E-state index contributed by atoms with van der Waals surface area (Å²) in [6, 6.07) is 8.10. The zero-order chi connectivity index (χ0) is 14.7. The number of aryl methyl sites for hydroxylation is 1. The van der Waals surface area contributed by atoms with E-state index in [4.69, 9.17) is 0 Å².